The van der Waals surface area contributed by atoms with Crippen LogP contribution in [0.3, 0.4) is 0 Å². The van der Waals surface area contributed by atoms with Crippen molar-refractivity contribution in [2.45, 2.75) is 70.4 Å². The Labute approximate surface area is 132 Å². The van der Waals surface area contributed by atoms with E-state index in [1.165, 1.54) is 77.5 Å². The molecule has 0 aromatic rings. The van der Waals surface area contributed by atoms with Gasteiger partial charge in [0.2, 0.25) is 0 Å². The van der Waals surface area contributed by atoms with Crippen molar-refractivity contribution in [1.82, 2.24) is 15.1 Å². The van der Waals surface area contributed by atoms with Gasteiger partial charge in [0.05, 0.1) is 0 Å². The third-order valence-corrected chi connectivity index (χ3v) is 5.38. The van der Waals surface area contributed by atoms with Crippen molar-refractivity contribution in [3.05, 3.63) is 0 Å². The molecule has 1 aliphatic heterocycles. The summed E-state index contributed by atoms with van der Waals surface area (Å²) in [6.45, 7) is 7.30. The molecule has 3 heteroatoms. The van der Waals surface area contributed by atoms with Crippen LogP contribution in [-0.2, 0) is 0 Å². The molecular formula is C18H37N3. The predicted molar refractivity (Wildman–Crippen MR) is 91.8 cm³/mol. The van der Waals surface area contributed by atoms with E-state index < -0.39 is 0 Å². The van der Waals surface area contributed by atoms with Crippen LogP contribution >= 0.6 is 0 Å². The molecule has 3 nitrogen and oxygen atoms in total. The smallest absolute Gasteiger partial charge is 0.0224 e. The lowest BCUT2D eigenvalue weighted by Crippen LogP contribution is -2.49. The zero-order chi connectivity index (χ0) is 15.1. The molecular weight excluding hydrogens is 258 g/mol. The van der Waals surface area contributed by atoms with Gasteiger partial charge >= 0.3 is 0 Å². The van der Waals surface area contributed by atoms with Crippen LogP contribution in [0.25, 0.3) is 0 Å². The van der Waals surface area contributed by atoms with E-state index in [0.29, 0.717) is 0 Å². The molecule has 0 amide bonds. The number of nitrogens with zero attached hydrogens (tertiary/aromatic N) is 2. The van der Waals surface area contributed by atoms with E-state index in [9.17, 15) is 0 Å². The highest BCUT2D eigenvalue weighted by Crippen LogP contribution is 2.28. The third kappa shape index (κ3) is 5.54. The number of hydrogen-bond acceptors (Lipinski definition) is 3. The normalized spacial score (nSPS) is 26.6. The summed E-state index contributed by atoms with van der Waals surface area (Å²) in [5, 5.41) is 3.88. The minimum Gasteiger partial charge on any atom is -0.312 e. The van der Waals surface area contributed by atoms with Crippen molar-refractivity contribution in [2.24, 2.45) is 5.92 Å². The Hall–Kier alpha value is -0.120. The Balaban J connectivity index is 1.89. The number of likely N-dealkylation sites (tertiary alicyclic amines) is 1. The highest BCUT2D eigenvalue weighted by molar-refractivity contribution is 4.88. The zero-order valence-electron chi connectivity index (χ0n) is 14.6. The van der Waals surface area contributed by atoms with Gasteiger partial charge in [0.15, 0.2) is 0 Å². The van der Waals surface area contributed by atoms with Gasteiger partial charge in [0.25, 0.3) is 0 Å². The average Bonchev–Trinajstić information content (AvgIpc) is 2.90. The van der Waals surface area contributed by atoms with Crippen molar-refractivity contribution in [2.75, 3.05) is 40.3 Å². The van der Waals surface area contributed by atoms with Gasteiger partial charge in [-0.15, -0.1) is 0 Å². The van der Waals surface area contributed by atoms with Crippen molar-refractivity contribution < 1.29 is 0 Å². The standard InChI is InChI=1S/C18H37N3/c1-4-12-19-18(16-9-6-5-7-10-16)15-21-13-8-11-17(21)14-20(2)3/h16-19H,4-15H2,1-3H3. The molecule has 1 N–H and O–H groups in total. The molecule has 2 unspecified atom stereocenters. The first-order valence-electron chi connectivity index (χ1n) is 9.33. The summed E-state index contributed by atoms with van der Waals surface area (Å²) >= 11 is 0. The van der Waals surface area contributed by atoms with Crippen LogP contribution in [-0.4, -0.2) is 62.2 Å². The van der Waals surface area contributed by atoms with Crippen LogP contribution in [0.1, 0.15) is 58.3 Å². The fourth-order valence-corrected chi connectivity index (χ4v) is 4.26. The van der Waals surface area contributed by atoms with Gasteiger partial charge < -0.3 is 10.2 Å². The van der Waals surface area contributed by atoms with Crippen LogP contribution in [0.4, 0.5) is 0 Å². The van der Waals surface area contributed by atoms with Crippen LogP contribution in [0, 0.1) is 5.92 Å². The second kappa shape index (κ2) is 9.12. The molecule has 2 atom stereocenters. The molecule has 124 valence electrons. The van der Waals surface area contributed by atoms with Crippen LogP contribution in [0.15, 0.2) is 0 Å². The van der Waals surface area contributed by atoms with E-state index in [0.717, 1.165) is 18.0 Å². The lowest BCUT2D eigenvalue weighted by atomic mass is 9.83. The number of nitrogens with one attached hydrogen (secondary N) is 1. The van der Waals surface area contributed by atoms with Crippen molar-refractivity contribution >= 4 is 0 Å². The molecule has 2 rings (SSSR count). The second-order valence-electron chi connectivity index (χ2n) is 7.51. The maximum absolute atomic E-state index is 3.88. The van der Waals surface area contributed by atoms with E-state index in [-0.39, 0.29) is 0 Å². The zero-order valence-corrected chi connectivity index (χ0v) is 14.6. The number of rotatable bonds is 8. The van der Waals surface area contributed by atoms with Gasteiger partial charge in [-0.1, -0.05) is 26.2 Å². The molecule has 1 heterocycles. The second-order valence-corrected chi connectivity index (χ2v) is 7.51. The summed E-state index contributed by atoms with van der Waals surface area (Å²) in [6, 6.07) is 1.52. The third-order valence-electron chi connectivity index (χ3n) is 5.38. The Morgan fingerprint density at radius 2 is 1.86 bits per heavy atom. The van der Waals surface area contributed by atoms with Crippen molar-refractivity contribution in [1.29, 1.82) is 0 Å². The summed E-state index contributed by atoms with van der Waals surface area (Å²) in [5.74, 6) is 0.922. The summed E-state index contributed by atoms with van der Waals surface area (Å²) in [4.78, 5) is 5.14. The summed E-state index contributed by atoms with van der Waals surface area (Å²) in [6.07, 6.45) is 11.3. The molecule has 1 saturated carbocycles. The molecule has 21 heavy (non-hydrogen) atoms. The van der Waals surface area contributed by atoms with E-state index in [1.54, 1.807) is 0 Å². The fourth-order valence-electron chi connectivity index (χ4n) is 4.26. The molecule has 0 aromatic carbocycles. The van der Waals surface area contributed by atoms with Crippen molar-refractivity contribution in [3.63, 3.8) is 0 Å². The van der Waals surface area contributed by atoms with Crippen LogP contribution < -0.4 is 5.32 Å². The van der Waals surface area contributed by atoms with E-state index in [1.807, 2.05) is 0 Å². The SMILES string of the molecule is CCCNC(CN1CCCC1CN(C)C)C1CCCCC1. The fraction of sp³-hybridized carbons (Fsp3) is 1.00. The molecule has 0 spiro atoms. The Kier molecular flexibility index (Phi) is 7.48. The van der Waals surface area contributed by atoms with E-state index in [2.05, 4.69) is 36.1 Å². The molecule has 2 aliphatic rings. The topological polar surface area (TPSA) is 18.5 Å². The maximum Gasteiger partial charge on any atom is 0.0224 e. The maximum atomic E-state index is 3.88. The lowest BCUT2D eigenvalue weighted by molar-refractivity contribution is 0.155. The lowest BCUT2D eigenvalue weighted by Gasteiger charge is -2.36. The number of likely N-dealkylation sites (N-methyl/N-ethyl adjacent to an activating group) is 1. The summed E-state index contributed by atoms with van der Waals surface area (Å²) < 4.78 is 0. The molecule has 0 radical (unpaired) electrons. The van der Waals surface area contributed by atoms with Gasteiger partial charge in [-0.2, -0.15) is 0 Å². The van der Waals surface area contributed by atoms with Gasteiger partial charge in [-0.3, -0.25) is 4.90 Å². The van der Waals surface area contributed by atoms with Gasteiger partial charge in [0, 0.05) is 25.2 Å². The van der Waals surface area contributed by atoms with Gasteiger partial charge in [0.1, 0.15) is 0 Å². The molecule has 0 aromatic heterocycles. The van der Waals surface area contributed by atoms with E-state index in [4.69, 9.17) is 0 Å². The monoisotopic (exact) mass is 295 g/mol. The highest BCUT2D eigenvalue weighted by Gasteiger charge is 2.30. The van der Waals surface area contributed by atoms with Crippen LogP contribution in [0.2, 0.25) is 0 Å². The molecule has 1 saturated heterocycles. The van der Waals surface area contributed by atoms with Gasteiger partial charge in [-0.25, -0.2) is 0 Å². The molecule has 1 aliphatic carbocycles. The highest BCUT2D eigenvalue weighted by atomic mass is 15.2. The Morgan fingerprint density at radius 1 is 1.10 bits per heavy atom. The van der Waals surface area contributed by atoms with Gasteiger partial charge in [-0.05, 0) is 65.2 Å². The number of hydrogen-bond donors (Lipinski definition) is 1. The quantitative estimate of drug-likeness (QED) is 0.743. The van der Waals surface area contributed by atoms with E-state index >= 15 is 0 Å². The first kappa shape index (κ1) is 17.2. The largest absolute Gasteiger partial charge is 0.312 e. The Bertz CT molecular complexity index is 274. The first-order valence-corrected chi connectivity index (χ1v) is 9.33. The molecule has 0 bridgehead atoms. The first-order chi connectivity index (χ1) is 10.2. The summed E-state index contributed by atoms with van der Waals surface area (Å²) in [5.41, 5.74) is 0. The minimum atomic E-state index is 0.730. The molecule has 2 fully saturated rings. The minimum absolute atomic E-state index is 0.730. The average molecular weight is 296 g/mol. The predicted octanol–water partition coefficient (Wildman–Crippen LogP) is 2.96. The Morgan fingerprint density at radius 3 is 2.52 bits per heavy atom. The summed E-state index contributed by atoms with van der Waals surface area (Å²) in [7, 11) is 4.43. The van der Waals surface area contributed by atoms with Crippen LogP contribution in [0.5, 0.6) is 0 Å². The van der Waals surface area contributed by atoms with Crippen molar-refractivity contribution in [3.8, 4) is 0 Å².